The van der Waals surface area contributed by atoms with E-state index in [-0.39, 0.29) is 18.3 Å². The number of allylic oxidation sites excluding steroid dienone is 1. The fourth-order valence-electron chi connectivity index (χ4n) is 1.87. The van der Waals surface area contributed by atoms with E-state index in [0.717, 1.165) is 0 Å². The van der Waals surface area contributed by atoms with Crippen molar-refractivity contribution in [2.45, 2.75) is 12.4 Å². The lowest BCUT2D eigenvalue weighted by Crippen LogP contribution is -2.44. The van der Waals surface area contributed by atoms with Gasteiger partial charge in [0.1, 0.15) is 12.4 Å². The second-order valence-electron chi connectivity index (χ2n) is 4.62. The van der Waals surface area contributed by atoms with Gasteiger partial charge in [-0.1, -0.05) is 0 Å². The lowest BCUT2D eigenvalue weighted by Gasteiger charge is -2.32. The van der Waals surface area contributed by atoms with Gasteiger partial charge in [0.2, 0.25) is 5.82 Å². The summed E-state index contributed by atoms with van der Waals surface area (Å²) in [5, 5.41) is 11.0. The topological polar surface area (TPSA) is 79.6 Å². The van der Waals surface area contributed by atoms with Crippen LogP contribution in [0.3, 0.4) is 0 Å². The summed E-state index contributed by atoms with van der Waals surface area (Å²) in [6.07, 6.45) is -9.42. The Kier molecular flexibility index (Phi) is 4.67. The minimum absolute atomic E-state index is 0.140. The Morgan fingerprint density at radius 1 is 1.20 bits per heavy atom. The molecule has 0 N–H and O–H groups in total. The molecule has 0 aromatic carbocycles. The summed E-state index contributed by atoms with van der Waals surface area (Å²) in [4.78, 5) is 25.3. The second-order valence-corrected chi connectivity index (χ2v) is 5.47. The van der Waals surface area contributed by atoms with Gasteiger partial charge in [-0.3, -0.25) is 23.7 Å². The number of anilines is 1. The summed E-state index contributed by atoms with van der Waals surface area (Å²) < 4.78 is 76.5. The van der Waals surface area contributed by atoms with Crippen LogP contribution in [0.25, 0.3) is 0 Å². The first-order chi connectivity index (χ1) is 11.3. The standard InChI is InChI=1S/C11H5BrF6N4O3/c12-21-4-20(8(23)2-7(21)11(16,17)18)9-6(22(24)25)1-5(3-19-9)10(13,14)15/h1-3H,4H2. The highest BCUT2D eigenvalue weighted by Gasteiger charge is 2.43. The van der Waals surface area contributed by atoms with Crippen molar-refractivity contribution in [2.75, 3.05) is 11.6 Å². The molecule has 0 fully saturated rings. The van der Waals surface area contributed by atoms with Gasteiger partial charge >= 0.3 is 18.0 Å². The Morgan fingerprint density at radius 2 is 1.80 bits per heavy atom. The van der Waals surface area contributed by atoms with E-state index in [0.29, 0.717) is 8.83 Å². The van der Waals surface area contributed by atoms with Crippen LogP contribution in [0.5, 0.6) is 0 Å². The average Bonchev–Trinajstić information content (AvgIpc) is 2.46. The highest BCUT2D eigenvalue weighted by atomic mass is 79.9. The van der Waals surface area contributed by atoms with E-state index in [2.05, 4.69) is 21.1 Å². The van der Waals surface area contributed by atoms with Crippen molar-refractivity contribution in [3.63, 3.8) is 0 Å². The minimum Gasteiger partial charge on any atom is -0.284 e. The molecule has 136 valence electrons. The average molecular weight is 435 g/mol. The molecule has 1 aromatic rings. The molecule has 1 aromatic heterocycles. The number of alkyl halides is 6. The van der Waals surface area contributed by atoms with E-state index in [1.54, 1.807) is 0 Å². The van der Waals surface area contributed by atoms with Gasteiger partial charge in [0.15, 0.2) is 0 Å². The van der Waals surface area contributed by atoms with Gasteiger partial charge in [0.05, 0.1) is 26.6 Å². The van der Waals surface area contributed by atoms with E-state index in [1.807, 2.05) is 0 Å². The number of pyridine rings is 1. The molecule has 7 nitrogen and oxygen atoms in total. The van der Waals surface area contributed by atoms with Gasteiger partial charge in [-0.05, 0) is 0 Å². The number of aromatic nitrogens is 1. The minimum atomic E-state index is -4.92. The Bertz CT molecular complexity index is 763. The summed E-state index contributed by atoms with van der Waals surface area (Å²) in [6.45, 7) is -0.858. The van der Waals surface area contributed by atoms with Gasteiger partial charge in [-0.15, -0.1) is 0 Å². The number of nitro groups is 1. The van der Waals surface area contributed by atoms with E-state index in [4.69, 9.17) is 0 Å². The molecule has 1 aliphatic rings. The fraction of sp³-hybridized carbons (Fsp3) is 0.273. The van der Waals surface area contributed by atoms with Crippen LogP contribution >= 0.6 is 16.1 Å². The number of carbonyl (C=O) groups is 1. The first kappa shape index (κ1) is 19.0. The summed E-state index contributed by atoms with van der Waals surface area (Å²) >= 11 is 2.54. The van der Waals surface area contributed by atoms with Crippen molar-refractivity contribution >= 4 is 33.6 Å². The molecule has 0 radical (unpaired) electrons. The highest BCUT2D eigenvalue weighted by Crippen LogP contribution is 2.38. The lowest BCUT2D eigenvalue weighted by molar-refractivity contribution is -0.384. The van der Waals surface area contributed by atoms with Crippen LogP contribution in [0.4, 0.5) is 37.8 Å². The molecule has 0 saturated carbocycles. The van der Waals surface area contributed by atoms with Gasteiger partial charge in [-0.25, -0.2) is 4.98 Å². The van der Waals surface area contributed by atoms with E-state index < -0.39 is 52.6 Å². The maximum atomic E-state index is 12.7. The Balaban J connectivity index is 2.51. The zero-order valence-corrected chi connectivity index (χ0v) is 13.2. The summed E-state index contributed by atoms with van der Waals surface area (Å²) in [5.41, 5.74) is -3.98. The number of rotatable bonds is 2. The monoisotopic (exact) mass is 434 g/mol. The zero-order valence-electron chi connectivity index (χ0n) is 11.6. The number of halogens is 7. The molecule has 0 bridgehead atoms. The van der Waals surface area contributed by atoms with E-state index >= 15 is 0 Å². The third-order valence-corrected chi connectivity index (χ3v) is 3.58. The van der Waals surface area contributed by atoms with Gasteiger partial charge in [0, 0.05) is 18.3 Å². The van der Waals surface area contributed by atoms with Crippen molar-refractivity contribution < 1.29 is 36.1 Å². The summed E-state index contributed by atoms with van der Waals surface area (Å²) in [6, 6.07) is 0.150. The van der Waals surface area contributed by atoms with E-state index in [1.165, 1.54) is 0 Å². The van der Waals surface area contributed by atoms with Crippen LogP contribution in [-0.4, -0.2) is 32.6 Å². The number of amides is 1. The van der Waals surface area contributed by atoms with E-state index in [9.17, 15) is 41.3 Å². The summed E-state index contributed by atoms with van der Waals surface area (Å²) in [5.74, 6) is -2.14. The summed E-state index contributed by atoms with van der Waals surface area (Å²) in [7, 11) is 0. The van der Waals surface area contributed by atoms with Crippen molar-refractivity contribution in [2.24, 2.45) is 0 Å². The SMILES string of the molecule is O=C1C=C(C(F)(F)F)N(Br)CN1c1ncc(C(F)(F)F)cc1[N+](=O)[O-]. The third-order valence-electron chi connectivity index (χ3n) is 2.97. The first-order valence-electron chi connectivity index (χ1n) is 6.07. The van der Waals surface area contributed by atoms with Crippen LogP contribution in [0, 0.1) is 10.1 Å². The third kappa shape index (κ3) is 3.83. The van der Waals surface area contributed by atoms with Crippen LogP contribution in [0.2, 0.25) is 0 Å². The lowest BCUT2D eigenvalue weighted by atomic mass is 10.2. The number of carbonyl (C=O) groups excluding carboxylic acids is 1. The Morgan fingerprint density at radius 3 is 2.28 bits per heavy atom. The molecule has 14 heteroatoms. The maximum absolute atomic E-state index is 12.7. The van der Waals surface area contributed by atoms with Crippen molar-refractivity contribution in [1.29, 1.82) is 0 Å². The zero-order chi connectivity index (χ0) is 19.2. The molecule has 2 heterocycles. The molecule has 1 amide bonds. The van der Waals surface area contributed by atoms with Gasteiger partial charge in [-0.2, -0.15) is 26.3 Å². The molecular weight excluding hydrogens is 430 g/mol. The molecule has 0 unspecified atom stereocenters. The predicted octanol–water partition coefficient (Wildman–Crippen LogP) is 3.37. The Labute approximate surface area is 143 Å². The van der Waals surface area contributed by atoms with Crippen molar-refractivity contribution in [3.8, 4) is 0 Å². The van der Waals surface area contributed by atoms with Crippen LogP contribution in [0.15, 0.2) is 24.0 Å². The van der Waals surface area contributed by atoms with Gasteiger partial charge < -0.3 is 0 Å². The fourth-order valence-corrected chi connectivity index (χ4v) is 2.40. The molecule has 25 heavy (non-hydrogen) atoms. The number of hydrogen-bond donors (Lipinski definition) is 0. The number of nitrogens with zero attached hydrogens (tertiary/aromatic N) is 4. The normalized spacial score (nSPS) is 16.1. The highest BCUT2D eigenvalue weighted by molar-refractivity contribution is 9.07. The molecular formula is C11H5BrF6N4O3. The Hall–Kier alpha value is -2.38. The molecule has 1 aliphatic heterocycles. The molecule has 0 saturated heterocycles. The van der Waals surface area contributed by atoms with Crippen LogP contribution in [-0.2, 0) is 11.0 Å². The second kappa shape index (κ2) is 6.16. The maximum Gasteiger partial charge on any atom is 0.432 e. The van der Waals surface area contributed by atoms with Crippen LogP contribution < -0.4 is 4.90 Å². The smallest absolute Gasteiger partial charge is 0.284 e. The molecule has 0 atom stereocenters. The molecule has 0 spiro atoms. The van der Waals surface area contributed by atoms with Crippen molar-refractivity contribution in [3.05, 3.63) is 39.7 Å². The van der Waals surface area contributed by atoms with Crippen molar-refractivity contribution in [1.82, 2.24) is 8.91 Å². The quantitative estimate of drug-likeness (QED) is 0.308. The van der Waals surface area contributed by atoms with Gasteiger partial charge in [0.25, 0.3) is 5.91 Å². The first-order valence-corrected chi connectivity index (χ1v) is 6.78. The number of hydrogen-bond acceptors (Lipinski definition) is 5. The predicted molar refractivity (Wildman–Crippen MR) is 73.2 cm³/mol. The van der Waals surface area contributed by atoms with Crippen LogP contribution in [0.1, 0.15) is 5.56 Å². The largest absolute Gasteiger partial charge is 0.432 e. The molecule has 0 aliphatic carbocycles. The molecule has 2 rings (SSSR count).